The normalized spacial score (nSPS) is 19.8. The lowest BCUT2D eigenvalue weighted by atomic mass is 9.99. The molecule has 4 aromatic carbocycles. The van der Waals surface area contributed by atoms with E-state index in [1.165, 1.54) is 5.56 Å². The van der Waals surface area contributed by atoms with E-state index in [1.807, 2.05) is 54.6 Å². The van der Waals surface area contributed by atoms with Crippen molar-refractivity contribution in [3.63, 3.8) is 0 Å². The number of likely N-dealkylation sites (tertiary alicyclic amines) is 1. The molecular weight excluding hydrogens is 510 g/mol. The Hall–Kier alpha value is -3.32. The Morgan fingerprint density at radius 2 is 1.12 bits per heavy atom. The Kier molecular flexibility index (Phi) is 11.1. The van der Waals surface area contributed by atoms with Gasteiger partial charge in [0.15, 0.2) is 0 Å². The molecule has 0 spiro atoms. The molecule has 0 bridgehead atoms. The molecule has 4 atom stereocenters. The van der Waals surface area contributed by atoms with Gasteiger partial charge in [-0.25, -0.2) is 0 Å². The van der Waals surface area contributed by atoms with Crippen LogP contribution in [-0.4, -0.2) is 47.5 Å². The van der Waals surface area contributed by atoms with Gasteiger partial charge in [0, 0.05) is 19.7 Å². The molecule has 0 saturated carbocycles. The molecule has 1 heterocycles. The number of nitrogens with zero attached hydrogens (tertiary/aromatic N) is 1. The van der Waals surface area contributed by atoms with Crippen LogP contribution in [0.2, 0.25) is 0 Å². The summed E-state index contributed by atoms with van der Waals surface area (Å²) in [6.45, 7) is 3.16. The predicted molar refractivity (Wildman–Crippen MR) is 162 cm³/mol. The molecule has 5 heteroatoms. The summed E-state index contributed by atoms with van der Waals surface area (Å²) in [4.78, 5) is 2.47. The molecule has 214 valence electrons. The quantitative estimate of drug-likeness (QED) is 0.185. The first-order valence-electron chi connectivity index (χ1n) is 14.7. The SMILES string of the molecule is OCCC[C@@H](OCc1ccccc1)[C@H]1[C@H](OCc2ccccc2)[C@@H](OCc2ccccc2)CN1Cc1ccccc1. The third kappa shape index (κ3) is 8.59. The van der Waals surface area contributed by atoms with Crippen molar-refractivity contribution in [2.45, 2.75) is 63.6 Å². The van der Waals surface area contributed by atoms with Gasteiger partial charge in [-0.3, -0.25) is 4.90 Å². The van der Waals surface area contributed by atoms with E-state index >= 15 is 0 Å². The molecule has 4 aromatic rings. The molecule has 0 aliphatic carbocycles. The van der Waals surface area contributed by atoms with E-state index < -0.39 is 0 Å². The number of hydrogen-bond acceptors (Lipinski definition) is 5. The summed E-state index contributed by atoms with van der Waals surface area (Å²) in [5, 5.41) is 9.80. The monoisotopic (exact) mass is 551 g/mol. The molecule has 0 aromatic heterocycles. The lowest BCUT2D eigenvalue weighted by molar-refractivity contribution is -0.104. The van der Waals surface area contributed by atoms with Gasteiger partial charge in [0.1, 0.15) is 6.10 Å². The Bertz CT molecular complexity index is 1260. The van der Waals surface area contributed by atoms with Gasteiger partial charge in [-0.15, -0.1) is 0 Å². The third-order valence-electron chi connectivity index (χ3n) is 7.69. The smallest absolute Gasteiger partial charge is 0.103 e. The summed E-state index contributed by atoms with van der Waals surface area (Å²) in [6.07, 6.45) is 0.912. The van der Waals surface area contributed by atoms with Crippen LogP contribution in [0.4, 0.5) is 0 Å². The van der Waals surface area contributed by atoms with E-state index in [1.54, 1.807) is 0 Å². The largest absolute Gasteiger partial charge is 0.396 e. The van der Waals surface area contributed by atoms with Gasteiger partial charge in [0.2, 0.25) is 0 Å². The van der Waals surface area contributed by atoms with Crippen LogP contribution >= 0.6 is 0 Å². The van der Waals surface area contributed by atoms with Crippen LogP contribution in [0.1, 0.15) is 35.1 Å². The standard InChI is InChI=1S/C36H41NO4/c38-23-13-22-33(39-26-30-16-7-2-8-17-30)35-36(41-28-32-20-11-4-12-21-32)34(40-27-31-18-9-3-10-19-31)25-37(35)24-29-14-5-1-6-15-29/h1-12,14-21,33-36,38H,13,22-28H2/t33-,34+,35+,36-/m1/s1. The van der Waals surface area contributed by atoms with Gasteiger partial charge in [-0.1, -0.05) is 121 Å². The molecular formula is C36H41NO4. The fraction of sp³-hybridized carbons (Fsp3) is 0.333. The zero-order valence-corrected chi connectivity index (χ0v) is 23.6. The lowest BCUT2D eigenvalue weighted by Gasteiger charge is -2.35. The highest BCUT2D eigenvalue weighted by Crippen LogP contribution is 2.33. The summed E-state index contributed by atoms with van der Waals surface area (Å²) >= 11 is 0. The van der Waals surface area contributed by atoms with Crippen LogP contribution in [0.3, 0.4) is 0 Å². The zero-order chi connectivity index (χ0) is 28.1. The Morgan fingerprint density at radius 3 is 1.66 bits per heavy atom. The second-order valence-electron chi connectivity index (χ2n) is 10.7. The Morgan fingerprint density at radius 1 is 0.634 bits per heavy atom. The van der Waals surface area contributed by atoms with Crippen molar-refractivity contribution in [2.75, 3.05) is 13.2 Å². The van der Waals surface area contributed by atoms with Gasteiger partial charge in [-0.05, 0) is 35.1 Å². The second kappa shape index (κ2) is 15.6. The van der Waals surface area contributed by atoms with Crippen LogP contribution in [0.25, 0.3) is 0 Å². The number of aliphatic hydroxyl groups is 1. The summed E-state index contributed by atoms with van der Waals surface area (Å²) in [5.41, 5.74) is 4.65. The highest BCUT2D eigenvalue weighted by Gasteiger charge is 2.47. The lowest BCUT2D eigenvalue weighted by Crippen LogP contribution is -2.47. The van der Waals surface area contributed by atoms with E-state index in [-0.39, 0.29) is 31.0 Å². The van der Waals surface area contributed by atoms with E-state index in [4.69, 9.17) is 14.2 Å². The molecule has 1 N–H and O–H groups in total. The highest BCUT2D eigenvalue weighted by atomic mass is 16.5. The van der Waals surface area contributed by atoms with Crippen molar-refractivity contribution >= 4 is 0 Å². The maximum Gasteiger partial charge on any atom is 0.103 e. The molecule has 41 heavy (non-hydrogen) atoms. The van der Waals surface area contributed by atoms with Crippen LogP contribution in [0, 0.1) is 0 Å². The molecule has 5 rings (SSSR count). The highest BCUT2D eigenvalue weighted by molar-refractivity contribution is 5.18. The van der Waals surface area contributed by atoms with Crippen molar-refractivity contribution in [1.29, 1.82) is 0 Å². The molecule has 0 radical (unpaired) electrons. The first-order chi connectivity index (χ1) is 20.3. The van der Waals surface area contributed by atoms with Crippen molar-refractivity contribution in [1.82, 2.24) is 4.90 Å². The number of benzene rings is 4. The van der Waals surface area contributed by atoms with Gasteiger partial charge in [-0.2, -0.15) is 0 Å². The van der Waals surface area contributed by atoms with Gasteiger partial charge >= 0.3 is 0 Å². The Balaban J connectivity index is 1.43. The topological polar surface area (TPSA) is 51.2 Å². The summed E-state index contributed by atoms with van der Waals surface area (Å²) < 4.78 is 20.1. The van der Waals surface area contributed by atoms with E-state index in [9.17, 15) is 5.11 Å². The van der Waals surface area contributed by atoms with Crippen LogP contribution in [0.15, 0.2) is 121 Å². The maximum atomic E-state index is 9.80. The van der Waals surface area contributed by atoms with Crippen molar-refractivity contribution in [3.8, 4) is 0 Å². The van der Waals surface area contributed by atoms with E-state index in [2.05, 4.69) is 71.6 Å². The minimum atomic E-state index is -0.206. The fourth-order valence-corrected chi connectivity index (χ4v) is 5.64. The molecule has 1 fully saturated rings. The van der Waals surface area contributed by atoms with Gasteiger partial charge in [0.25, 0.3) is 0 Å². The summed E-state index contributed by atoms with van der Waals surface area (Å²) in [5.74, 6) is 0. The summed E-state index contributed by atoms with van der Waals surface area (Å²) in [7, 11) is 0. The summed E-state index contributed by atoms with van der Waals surface area (Å²) in [6, 6.07) is 41.4. The van der Waals surface area contributed by atoms with Gasteiger partial charge < -0.3 is 19.3 Å². The average Bonchev–Trinajstić information content (AvgIpc) is 3.37. The molecule has 5 nitrogen and oxygen atoms in total. The number of aliphatic hydroxyl groups excluding tert-OH is 1. The fourth-order valence-electron chi connectivity index (χ4n) is 5.64. The van der Waals surface area contributed by atoms with Crippen molar-refractivity contribution in [2.24, 2.45) is 0 Å². The van der Waals surface area contributed by atoms with E-state index in [0.717, 1.165) is 36.2 Å². The minimum Gasteiger partial charge on any atom is -0.396 e. The molecule has 1 aliphatic heterocycles. The van der Waals surface area contributed by atoms with Crippen molar-refractivity contribution in [3.05, 3.63) is 144 Å². The predicted octanol–water partition coefficient (Wildman–Crippen LogP) is 6.40. The molecule has 1 saturated heterocycles. The molecule has 0 amide bonds. The van der Waals surface area contributed by atoms with E-state index in [0.29, 0.717) is 26.2 Å². The van der Waals surface area contributed by atoms with Crippen LogP contribution in [-0.2, 0) is 40.6 Å². The number of ether oxygens (including phenoxy) is 3. The third-order valence-corrected chi connectivity index (χ3v) is 7.69. The molecule has 1 aliphatic rings. The van der Waals surface area contributed by atoms with Crippen LogP contribution in [0.5, 0.6) is 0 Å². The second-order valence-corrected chi connectivity index (χ2v) is 10.7. The maximum absolute atomic E-state index is 9.80. The van der Waals surface area contributed by atoms with Gasteiger partial charge in [0.05, 0.1) is 38.1 Å². The molecule has 0 unspecified atom stereocenters. The number of hydrogen-bond donors (Lipinski definition) is 1. The van der Waals surface area contributed by atoms with Crippen molar-refractivity contribution < 1.29 is 19.3 Å². The first kappa shape index (κ1) is 29.2. The zero-order valence-electron chi connectivity index (χ0n) is 23.6. The average molecular weight is 552 g/mol. The number of rotatable bonds is 15. The first-order valence-corrected chi connectivity index (χ1v) is 14.7. The van der Waals surface area contributed by atoms with Crippen LogP contribution < -0.4 is 0 Å². The minimum absolute atomic E-state index is 0.0463. The Labute approximate surface area is 244 Å².